The third kappa shape index (κ3) is 2.88. The SMILES string of the molecule is O=c1nc(C/C=C/N2CCNCC2)oc2ccccc12. The highest BCUT2D eigenvalue weighted by Crippen LogP contribution is 2.10. The lowest BCUT2D eigenvalue weighted by molar-refractivity contribution is 0.323. The largest absolute Gasteiger partial charge is 0.442 e. The van der Waals surface area contributed by atoms with Crippen LogP contribution in [-0.4, -0.2) is 36.1 Å². The van der Waals surface area contributed by atoms with Crippen molar-refractivity contribution in [3.8, 4) is 0 Å². The van der Waals surface area contributed by atoms with Gasteiger partial charge in [-0.3, -0.25) is 4.79 Å². The first-order chi connectivity index (χ1) is 9.83. The monoisotopic (exact) mass is 271 g/mol. The Hall–Kier alpha value is -2.14. The Kier molecular flexibility index (Phi) is 3.78. The molecule has 2 aromatic rings. The van der Waals surface area contributed by atoms with Crippen LogP contribution in [0.25, 0.3) is 11.0 Å². The molecule has 1 N–H and O–H groups in total. The molecule has 1 aliphatic rings. The summed E-state index contributed by atoms with van der Waals surface area (Å²) in [6.07, 6.45) is 4.58. The van der Waals surface area contributed by atoms with E-state index >= 15 is 0 Å². The maximum absolute atomic E-state index is 11.9. The van der Waals surface area contributed by atoms with Crippen LogP contribution < -0.4 is 10.9 Å². The van der Waals surface area contributed by atoms with E-state index in [1.54, 1.807) is 12.1 Å². The number of nitrogens with zero attached hydrogens (tertiary/aromatic N) is 2. The number of hydrogen-bond acceptors (Lipinski definition) is 5. The molecule has 0 aliphatic carbocycles. The second kappa shape index (κ2) is 5.88. The lowest BCUT2D eigenvalue weighted by Gasteiger charge is -2.25. The maximum atomic E-state index is 11.9. The predicted molar refractivity (Wildman–Crippen MR) is 77.6 cm³/mol. The van der Waals surface area contributed by atoms with Crippen molar-refractivity contribution < 1.29 is 4.42 Å². The van der Waals surface area contributed by atoms with E-state index in [2.05, 4.69) is 21.4 Å². The number of para-hydroxylation sites is 1. The van der Waals surface area contributed by atoms with Crippen molar-refractivity contribution in [3.63, 3.8) is 0 Å². The molecular weight excluding hydrogens is 254 g/mol. The number of piperazine rings is 1. The molecule has 104 valence electrons. The second-order valence-corrected chi connectivity index (χ2v) is 4.78. The van der Waals surface area contributed by atoms with Gasteiger partial charge in [-0.15, -0.1) is 0 Å². The average Bonchev–Trinajstić information content (AvgIpc) is 2.48. The van der Waals surface area contributed by atoms with Crippen LogP contribution in [0.4, 0.5) is 0 Å². The summed E-state index contributed by atoms with van der Waals surface area (Å²) in [7, 11) is 0. The molecule has 0 bridgehead atoms. The summed E-state index contributed by atoms with van der Waals surface area (Å²) in [6.45, 7) is 4.03. The van der Waals surface area contributed by atoms with Gasteiger partial charge in [-0.05, 0) is 18.3 Å². The Morgan fingerprint density at radius 1 is 1.30 bits per heavy atom. The van der Waals surface area contributed by atoms with Crippen molar-refractivity contribution in [1.82, 2.24) is 15.2 Å². The minimum atomic E-state index is -0.225. The standard InChI is InChI=1S/C15H17N3O2/c19-15-12-4-1-2-5-13(12)20-14(17-15)6-3-9-18-10-7-16-8-11-18/h1-5,9,16H,6-8,10-11H2/b9-3+. The van der Waals surface area contributed by atoms with E-state index in [9.17, 15) is 4.79 Å². The zero-order valence-electron chi connectivity index (χ0n) is 11.2. The van der Waals surface area contributed by atoms with Crippen LogP contribution in [0.3, 0.4) is 0 Å². The van der Waals surface area contributed by atoms with Crippen LogP contribution in [0, 0.1) is 0 Å². The minimum absolute atomic E-state index is 0.225. The van der Waals surface area contributed by atoms with Gasteiger partial charge in [0, 0.05) is 32.6 Å². The minimum Gasteiger partial charge on any atom is -0.442 e. The van der Waals surface area contributed by atoms with Gasteiger partial charge in [0.05, 0.1) is 5.39 Å². The molecule has 1 fully saturated rings. The maximum Gasteiger partial charge on any atom is 0.283 e. The number of aromatic nitrogens is 1. The lowest BCUT2D eigenvalue weighted by Crippen LogP contribution is -2.40. The van der Waals surface area contributed by atoms with Crippen LogP contribution in [0.2, 0.25) is 0 Å². The molecule has 2 heterocycles. The van der Waals surface area contributed by atoms with Gasteiger partial charge in [-0.25, -0.2) is 0 Å². The van der Waals surface area contributed by atoms with E-state index in [1.807, 2.05) is 18.2 Å². The van der Waals surface area contributed by atoms with Crippen molar-refractivity contribution in [2.24, 2.45) is 0 Å². The summed E-state index contributed by atoms with van der Waals surface area (Å²) in [5.74, 6) is 0.458. The van der Waals surface area contributed by atoms with Crippen molar-refractivity contribution in [1.29, 1.82) is 0 Å². The van der Waals surface area contributed by atoms with Crippen LogP contribution in [0.1, 0.15) is 5.89 Å². The summed E-state index contributed by atoms with van der Waals surface area (Å²) in [4.78, 5) is 18.1. The van der Waals surface area contributed by atoms with E-state index in [4.69, 9.17) is 4.42 Å². The summed E-state index contributed by atoms with van der Waals surface area (Å²) in [6, 6.07) is 7.19. The first kappa shape index (κ1) is 12.9. The topological polar surface area (TPSA) is 58.4 Å². The summed E-state index contributed by atoms with van der Waals surface area (Å²) in [5.41, 5.74) is 0.371. The van der Waals surface area contributed by atoms with E-state index in [0.717, 1.165) is 26.2 Å². The fourth-order valence-electron chi connectivity index (χ4n) is 2.28. The van der Waals surface area contributed by atoms with E-state index in [0.29, 0.717) is 23.3 Å². The quantitative estimate of drug-likeness (QED) is 0.907. The average molecular weight is 271 g/mol. The molecule has 3 rings (SSSR count). The molecule has 0 amide bonds. The molecule has 1 saturated heterocycles. The number of allylic oxidation sites excluding steroid dienone is 1. The number of rotatable bonds is 3. The fraction of sp³-hybridized carbons (Fsp3) is 0.333. The Bertz CT molecular complexity index is 672. The molecule has 0 atom stereocenters. The third-order valence-corrected chi connectivity index (χ3v) is 3.33. The van der Waals surface area contributed by atoms with Crippen molar-refractivity contribution in [2.45, 2.75) is 6.42 Å². The smallest absolute Gasteiger partial charge is 0.283 e. The number of nitrogens with one attached hydrogen (secondary N) is 1. The molecule has 0 unspecified atom stereocenters. The van der Waals surface area contributed by atoms with Gasteiger partial charge in [0.2, 0.25) is 5.89 Å². The molecule has 20 heavy (non-hydrogen) atoms. The van der Waals surface area contributed by atoms with E-state index < -0.39 is 0 Å². The highest BCUT2D eigenvalue weighted by molar-refractivity contribution is 5.74. The summed E-state index contributed by atoms with van der Waals surface area (Å²) >= 11 is 0. The Morgan fingerprint density at radius 3 is 2.95 bits per heavy atom. The van der Waals surface area contributed by atoms with Gasteiger partial charge >= 0.3 is 0 Å². The molecule has 1 aromatic carbocycles. The predicted octanol–water partition coefficient (Wildman–Crippen LogP) is 1.15. The highest BCUT2D eigenvalue weighted by Gasteiger charge is 2.06. The van der Waals surface area contributed by atoms with Crippen LogP contribution in [-0.2, 0) is 6.42 Å². The van der Waals surface area contributed by atoms with Gasteiger partial charge in [-0.2, -0.15) is 4.98 Å². The van der Waals surface area contributed by atoms with Gasteiger partial charge in [0.15, 0.2) is 0 Å². The van der Waals surface area contributed by atoms with Gasteiger partial charge in [0.1, 0.15) is 5.58 Å². The van der Waals surface area contributed by atoms with Crippen molar-refractivity contribution >= 4 is 11.0 Å². The van der Waals surface area contributed by atoms with Crippen molar-refractivity contribution in [3.05, 3.63) is 52.8 Å². The van der Waals surface area contributed by atoms with E-state index in [1.165, 1.54) is 0 Å². The number of fused-ring (bicyclic) bond motifs is 1. The molecule has 5 nitrogen and oxygen atoms in total. The van der Waals surface area contributed by atoms with Gasteiger partial charge < -0.3 is 14.6 Å². The zero-order chi connectivity index (χ0) is 13.8. The summed E-state index contributed by atoms with van der Waals surface area (Å²) < 4.78 is 5.64. The Labute approximate surface area is 116 Å². The van der Waals surface area contributed by atoms with E-state index in [-0.39, 0.29) is 5.56 Å². The summed E-state index contributed by atoms with van der Waals surface area (Å²) in [5, 5.41) is 3.83. The van der Waals surface area contributed by atoms with Crippen molar-refractivity contribution in [2.75, 3.05) is 26.2 Å². The molecule has 0 spiro atoms. The first-order valence-electron chi connectivity index (χ1n) is 6.83. The zero-order valence-corrected chi connectivity index (χ0v) is 11.2. The van der Waals surface area contributed by atoms with Gasteiger partial charge in [-0.1, -0.05) is 18.2 Å². The number of benzene rings is 1. The lowest BCUT2D eigenvalue weighted by atomic mass is 10.2. The normalized spacial score (nSPS) is 16.1. The van der Waals surface area contributed by atoms with Crippen LogP contribution in [0.15, 0.2) is 45.8 Å². The Morgan fingerprint density at radius 2 is 2.10 bits per heavy atom. The first-order valence-corrected chi connectivity index (χ1v) is 6.83. The second-order valence-electron chi connectivity index (χ2n) is 4.78. The van der Waals surface area contributed by atoms with Crippen LogP contribution >= 0.6 is 0 Å². The molecule has 1 aliphatic heterocycles. The Balaban J connectivity index is 1.74. The molecular formula is C15H17N3O2. The molecule has 0 saturated carbocycles. The molecule has 5 heteroatoms. The number of hydrogen-bond donors (Lipinski definition) is 1. The third-order valence-electron chi connectivity index (χ3n) is 3.33. The molecule has 1 aromatic heterocycles. The van der Waals surface area contributed by atoms with Crippen LogP contribution in [0.5, 0.6) is 0 Å². The van der Waals surface area contributed by atoms with Gasteiger partial charge in [0.25, 0.3) is 5.56 Å². The molecule has 0 radical (unpaired) electrons. The highest BCUT2D eigenvalue weighted by atomic mass is 16.3. The fourth-order valence-corrected chi connectivity index (χ4v) is 2.28.